The fraction of sp³-hybridized carbons (Fsp3) is 0.389. The summed E-state index contributed by atoms with van der Waals surface area (Å²) < 4.78 is 27.2. The van der Waals surface area contributed by atoms with Crippen LogP contribution in [0.15, 0.2) is 30.3 Å². The third-order valence-electron chi connectivity index (χ3n) is 4.48. The van der Waals surface area contributed by atoms with Gasteiger partial charge in [-0.3, -0.25) is 0 Å². The SMILES string of the molecule is Cc1c(-c2ccccc2)nnc(N2CCCC(F)(F)CC2)c1C(=O)O. The van der Waals surface area contributed by atoms with Gasteiger partial charge in [-0.05, 0) is 18.9 Å². The van der Waals surface area contributed by atoms with Crippen LogP contribution in [0.25, 0.3) is 11.3 Å². The second kappa shape index (κ2) is 6.74. The maximum atomic E-state index is 13.6. The predicted octanol–water partition coefficient (Wildman–Crippen LogP) is 3.78. The Morgan fingerprint density at radius 2 is 1.88 bits per heavy atom. The number of carboxylic acids is 1. The number of halogens is 2. The highest BCUT2D eigenvalue weighted by molar-refractivity contribution is 5.96. The summed E-state index contributed by atoms with van der Waals surface area (Å²) >= 11 is 0. The van der Waals surface area contributed by atoms with E-state index in [1.54, 1.807) is 11.8 Å². The number of hydrogen-bond acceptors (Lipinski definition) is 4. The maximum absolute atomic E-state index is 13.6. The van der Waals surface area contributed by atoms with Crippen molar-refractivity contribution in [3.8, 4) is 11.3 Å². The minimum atomic E-state index is -2.72. The van der Waals surface area contributed by atoms with E-state index in [2.05, 4.69) is 10.2 Å². The number of anilines is 1. The third-order valence-corrected chi connectivity index (χ3v) is 4.48. The molecule has 0 atom stereocenters. The molecule has 0 saturated carbocycles. The fourth-order valence-electron chi connectivity index (χ4n) is 3.13. The van der Waals surface area contributed by atoms with Crippen LogP contribution >= 0.6 is 0 Å². The van der Waals surface area contributed by atoms with Crippen molar-refractivity contribution in [1.29, 1.82) is 0 Å². The van der Waals surface area contributed by atoms with Crippen LogP contribution in [0, 0.1) is 6.92 Å². The van der Waals surface area contributed by atoms with Gasteiger partial charge in [0, 0.05) is 31.5 Å². The lowest BCUT2D eigenvalue weighted by Gasteiger charge is -2.24. The van der Waals surface area contributed by atoms with Gasteiger partial charge in [0.05, 0.1) is 5.69 Å². The van der Waals surface area contributed by atoms with Crippen molar-refractivity contribution in [3.63, 3.8) is 0 Å². The summed E-state index contributed by atoms with van der Waals surface area (Å²) in [6.07, 6.45) is -0.221. The van der Waals surface area contributed by atoms with Crippen molar-refractivity contribution in [3.05, 3.63) is 41.5 Å². The van der Waals surface area contributed by atoms with Crippen molar-refractivity contribution >= 4 is 11.8 Å². The van der Waals surface area contributed by atoms with Gasteiger partial charge >= 0.3 is 5.97 Å². The second-order valence-corrected chi connectivity index (χ2v) is 6.24. The number of rotatable bonds is 3. The zero-order valence-electron chi connectivity index (χ0n) is 13.9. The molecule has 1 saturated heterocycles. The van der Waals surface area contributed by atoms with E-state index in [1.807, 2.05) is 30.3 Å². The molecule has 7 heteroatoms. The molecule has 0 spiro atoms. The number of hydrogen-bond donors (Lipinski definition) is 1. The largest absolute Gasteiger partial charge is 0.478 e. The van der Waals surface area contributed by atoms with Gasteiger partial charge in [-0.2, -0.15) is 0 Å². The van der Waals surface area contributed by atoms with E-state index in [9.17, 15) is 18.7 Å². The molecule has 0 radical (unpaired) electrons. The molecule has 1 aliphatic rings. The number of aromatic nitrogens is 2. The second-order valence-electron chi connectivity index (χ2n) is 6.24. The van der Waals surface area contributed by atoms with E-state index in [1.165, 1.54) is 0 Å². The molecule has 132 valence electrons. The molecule has 2 heterocycles. The van der Waals surface area contributed by atoms with E-state index in [0.717, 1.165) is 5.56 Å². The Morgan fingerprint density at radius 3 is 2.56 bits per heavy atom. The van der Waals surface area contributed by atoms with Crippen molar-refractivity contribution in [2.75, 3.05) is 18.0 Å². The molecule has 1 aromatic heterocycles. The summed E-state index contributed by atoms with van der Waals surface area (Å²) in [5, 5.41) is 18.0. The van der Waals surface area contributed by atoms with E-state index < -0.39 is 11.9 Å². The quantitative estimate of drug-likeness (QED) is 0.915. The monoisotopic (exact) mass is 347 g/mol. The van der Waals surface area contributed by atoms with Crippen LogP contribution in [-0.4, -0.2) is 40.3 Å². The molecule has 2 aromatic rings. The van der Waals surface area contributed by atoms with Crippen molar-refractivity contribution < 1.29 is 18.7 Å². The van der Waals surface area contributed by atoms with Crippen LogP contribution in [0.4, 0.5) is 14.6 Å². The van der Waals surface area contributed by atoms with Gasteiger partial charge in [0.2, 0.25) is 5.92 Å². The lowest BCUT2D eigenvalue weighted by atomic mass is 10.0. The topological polar surface area (TPSA) is 66.3 Å². The first-order valence-corrected chi connectivity index (χ1v) is 8.18. The zero-order chi connectivity index (χ0) is 18.0. The molecule has 1 N–H and O–H groups in total. The van der Waals surface area contributed by atoms with Crippen molar-refractivity contribution in [2.45, 2.75) is 32.1 Å². The minimum absolute atomic E-state index is 0.0269. The molecule has 0 amide bonds. The molecule has 25 heavy (non-hydrogen) atoms. The van der Waals surface area contributed by atoms with Gasteiger partial charge in [0.1, 0.15) is 5.56 Å². The molecule has 0 aliphatic carbocycles. The van der Waals surface area contributed by atoms with E-state index >= 15 is 0 Å². The summed E-state index contributed by atoms with van der Waals surface area (Å²) in [5.74, 6) is -3.68. The molecule has 0 unspecified atom stereocenters. The standard InChI is InChI=1S/C18H19F2N3O2/c1-12-14(17(24)25)16(23-10-5-8-18(19,20)9-11-23)22-21-15(12)13-6-3-2-4-7-13/h2-4,6-7H,5,8-11H2,1H3,(H,24,25). The number of benzene rings is 1. The van der Waals surface area contributed by atoms with E-state index in [0.29, 0.717) is 17.8 Å². The Kier molecular flexibility index (Phi) is 4.65. The highest BCUT2D eigenvalue weighted by Gasteiger charge is 2.33. The van der Waals surface area contributed by atoms with Crippen molar-refractivity contribution in [1.82, 2.24) is 10.2 Å². The van der Waals surface area contributed by atoms with Crippen LogP contribution < -0.4 is 4.90 Å². The number of carbonyl (C=O) groups is 1. The Morgan fingerprint density at radius 1 is 1.16 bits per heavy atom. The van der Waals surface area contributed by atoms with Gasteiger partial charge in [-0.1, -0.05) is 30.3 Å². The molecule has 3 rings (SSSR count). The van der Waals surface area contributed by atoms with Gasteiger partial charge in [0.15, 0.2) is 5.82 Å². The Hall–Kier alpha value is -2.57. The first-order chi connectivity index (χ1) is 11.9. The smallest absolute Gasteiger partial charge is 0.339 e. The summed E-state index contributed by atoms with van der Waals surface area (Å²) in [6, 6.07) is 9.18. The van der Waals surface area contributed by atoms with Gasteiger partial charge in [-0.25, -0.2) is 13.6 Å². The lowest BCUT2D eigenvalue weighted by molar-refractivity contribution is -0.0102. The fourth-order valence-corrected chi connectivity index (χ4v) is 3.13. The summed E-state index contributed by atoms with van der Waals surface area (Å²) in [5.41, 5.74) is 1.77. The molecule has 1 aliphatic heterocycles. The molecule has 1 aromatic carbocycles. The first-order valence-electron chi connectivity index (χ1n) is 8.18. The molecular formula is C18H19F2N3O2. The van der Waals surface area contributed by atoms with Gasteiger partial charge in [0.25, 0.3) is 0 Å². The predicted molar refractivity (Wildman–Crippen MR) is 90.2 cm³/mol. The molecule has 1 fully saturated rings. The molecule has 5 nitrogen and oxygen atoms in total. The van der Waals surface area contributed by atoms with Crippen LogP contribution in [0.3, 0.4) is 0 Å². The van der Waals surface area contributed by atoms with Gasteiger partial charge in [-0.15, -0.1) is 10.2 Å². The lowest BCUT2D eigenvalue weighted by Crippen LogP contribution is -2.29. The van der Waals surface area contributed by atoms with Crippen LogP contribution in [0.1, 0.15) is 35.2 Å². The summed E-state index contributed by atoms with van der Waals surface area (Å²) in [7, 11) is 0. The van der Waals surface area contributed by atoms with Crippen LogP contribution in [0.2, 0.25) is 0 Å². The summed E-state index contributed by atoms with van der Waals surface area (Å²) in [6.45, 7) is 2.08. The minimum Gasteiger partial charge on any atom is -0.478 e. The number of aromatic carboxylic acids is 1. The van der Waals surface area contributed by atoms with E-state index in [4.69, 9.17) is 0 Å². The normalized spacial score (nSPS) is 17.2. The van der Waals surface area contributed by atoms with Crippen molar-refractivity contribution in [2.24, 2.45) is 0 Å². The Labute approximate surface area is 144 Å². The van der Waals surface area contributed by atoms with Crippen LogP contribution in [-0.2, 0) is 0 Å². The number of nitrogens with zero attached hydrogens (tertiary/aromatic N) is 3. The average molecular weight is 347 g/mol. The van der Waals surface area contributed by atoms with Gasteiger partial charge < -0.3 is 10.0 Å². The molecule has 0 bridgehead atoms. The van der Waals surface area contributed by atoms with E-state index in [-0.39, 0.29) is 37.2 Å². The highest BCUT2D eigenvalue weighted by atomic mass is 19.3. The number of carboxylic acid groups (broad SMARTS) is 1. The maximum Gasteiger partial charge on any atom is 0.339 e. The first kappa shape index (κ1) is 17.3. The van der Waals surface area contributed by atoms with Crippen LogP contribution in [0.5, 0.6) is 0 Å². The highest BCUT2D eigenvalue weighted by Crippen LogP contribution is 2.33. The zero-order valence-corrected chi connectivity index (χ0v) is 13.9. The Bertz CT molecular complexity index is 781. The molecular weight excluding hydrogens is 328 g/mol. The Balaban J connectivity index is 2.03. The third kappa shape index (κ3) is 3.60. The summed E-state index contributed by atoms with van der Waals surface area (Å²) in [4.78, 5) is 13.4. The number of alkyl halides is 2. The average Bonchev–Trinajstić information content (AvgIpc) is 2.75.